The molecule has 1 unspecified atom stereocenters. The Morgan fingerprint density at radius 3 is 2.34 bits per heavy atom. The largest absolute Gasteiger partial charge is 0.379 e. The first-order valence-electron chi connectivity index (χ1n) is 11.4. The number of rotatable bonds is 6. The smallest absolute Gasteiger partial charge is 0.123 e. The second-order valence-electron chi connectivity index (χ2n) is 10.5. The molecule has 0 aromatic heterocycles. The lowest BCUT2D eigenvalue weighted by molar-refractivity contribution is 0.0147. The standard InChI is InChI=1S/C24H38FN3O/c1-23(2,17-26-12-14-29-15-13-26)18-28-11-9-24(20-28)8-3-10-27(19-24)16-21-4-6-22(25)7-5-21/h4-7H,3,8-20H2,1-2H3. The van der Waals surface area contributed by atoms with Crippen LogP contribution < -0.4 is 0 Å². The summed E-state index contributed by atoms with van der Waals surface area (Å²) in [5, 5.41) is 0. The molecule has 0 bridgehead atoms. The molecule has 3 aliphatic heterocycles. The Labute approximate surface area is 176 Å². The molecule has 1 spiro atoms. The Morgan fingerprint density at radius 2 is 1.59 bits per heavy atom. The van der Waals surface area contributed by atoms with Gasteiger partial charge in [-0.2, -0.15) is 0 Å². The van der Waals surface area contributed by atoms with Gasteiger partial charge in [-0.3, -0.25) is 9.80 Å². The van der Waals surface area contributed by atoms with Crippen molar-refractivity contribution in [3.8, 4) is 0 Å². The quantitative estimate of drug-likeness (QED) is 0.724. The van der Waals surface area contributed by atoms with Crippen molar-refractivity contribution in [3.63, 3.8) is 0 Å². The minimum Gasteiger partial charge on any atom is -0.379 e. The Balaban J connectivity index is 1.29. The van der Waals surface area contributed by atoms with Crippen LogP contribution in [0.3, 0.4) is 0 Å². The fourth-order valence-corrected chi connectivity index (χ4v) is 5.81. The van der Waals surface area contributed by atoms with E-state index in [0.717, 1.165) is 39.4 Å². The fraction of sp³-hybridized carbons (Fsp3) is 0.750. The van der Waals surface area contributed by atoms with E-state index in [1.54, 1.807) is 12.1 Å². The summed E-state index contributed by atoms with van der Waals surface area (Å²) in [6.45, 7) is 16.9. The van der Waals surface area contributed by atoms with Gasteiger partial charge in [-0.25, -0.2) is 4.39 Å². The zero-order chi connectivity index (χ0) is 20.3. The Kier molecular flexibility index (Phi) is 6.59. The number of likely N-dealkylation sites (tertiary alicyclic amines) is 2. The summed E-state index contributed by atoms with van der Waals surface area (Å²) < 4.78 is 18.7. The second kappa shape index (κ2) is 9.01. The molecule has 0 radical (unpaired) electrons. The van der Waals surface area contributed by atoms with E-state index in [-0.39, 0.29) is 5.82 Å². The first-order valence-corrected chi connectivity index (χ1v) is 11.4. The minimum absolute atomic E-state index is 0.144. The molecule has 3 heterocycles. The van der Waals surface area contributed by atoms with Gasteiger partial charge in [0.25, 0.3) is 0 Å². The maximum atomic E-state index is 13.2. The van der Waals surface area contributed by atoms with E-state index >= 15 is 0 Å². The molecule has 1 atom stereocenters. The highest BCUT2D eigenvalue weighted by Gasteiger charge is 2.42. The molecule has 162 valence electrons. The summed E-state index contributed by atoms with van der Waals surface area (Å²) in [5.74, 6) is -0.144. The van der Waals surface area contributed by atoms with E-state index in [2.05, 4.69) is 28.5 Å². The van der Waals surface area contributed by atoms with Gasteiger partial charge in [-0.05, 0) is 60.9 Å². The molecule has 4 nitrogen and oxygen atoms in total. The molecule has 0 N–H and O–H groups in total. The zero-order valence-electron chi connectivity index (χ0n) is 18.3. The van der Waals surface area contributed by atoms with Crippen molar-refractivity contribution in [1.29, 1.82) is 0 Å². The van der Waals surface area contributed by atoms with Gasteiger partial charge in [0.05, 0.1) is 13.2 Å². The lowest BCUT2D eigenvalue weighted by atomic mass is 9.79. The molecule has 0 aliphatic carbocycles. The topological polar surface area (TPSA) is 19.0 Å². The zero-order valence-corrected chi connectivity index (χ0v) is 18.3. The summed E-state index contributed by atoms with van der Waals surface area (Å²) >= 11 is 0. The van der Waals surface area contributed by atoms with Crippen molar-refractivity contribution in [1.82, 2.24) is 14.7 Å². The highest BCUT2D eigenvalue weighted by atomic mass is 19.1. The summed E-state index contributed by atoms with van der Waals surface area (Å²) in [4.78, 5) is 7.89. The van der Waals surface area contributed by atoms with Crippen LogP contribution in [0.2, 0.25) is 0 Å². The highest BCUT2D eigenvalue weighted by molar-refractivity contribution is 5.16. The average Bonchev–Trinajstić information content (AvgIpc) is 3.05. The van der Waals surface area contributed by atoms with E-state index in [1.165, 1.54) is 57.5 Å². The van der Waals surface area contributed by atoms with Gasteiger partial charge in [0.1, 0.15) is 5.82 Å². The van der Waals surface area contributed by atoms with Gasteiger partial charge in [0, 0.05) is 45.8 Å². The second-order valence-corrected chi connectivity index (χ2v) is 10.5. The molecule has 0 amide bonds. The normalized spacial score (nSPS) is 27.7. The highest BCUT2D eigenvalue weighted by Crippen LogP contribution is 2.40. The monoisotopic (exact) mass is 403 g/mol. The van der Waals surface area contributed by atoms with E-state index in [1.807, 2.05) is 12.1 Å². The van der Waals surface area contributed by atoms with Gasteiger partial charge < -0.3 is 9.64 Å². The third-order valence-corrected chi connectivity index (χ3v) is 6.98. The minimum atomic E-state index is -0.144. The number of piperidine rings is 1. The number of nitrogens with zero attached hydrogens (tertiary/aromatic N) is 3. The van der Waals surface area contributed by atoms with Gasteiger partial charge >= 0.3 is 0 Å². The molecule has 3 fully saturated rings. The van der Waals surface area contributed by atoms with Crippen LogP contribution in [-0.4, -0.2) is 80.3 Å². The molecular formula is C24H38FN3O. The fourth-order valence-electron chi connectivity index (χ4n) is 5.81. The summed E-state index contributed by atoms with van der Waals surface area (Å²) in [6, 6.07) is 7.04. The van der Waals surface area contributed by atoms with E-state index in [9.17, 15) is 4.39 Å². The molecule has 1 aromatic rings. The van der Waals surface area contributed by atoms with Crippen molar-refractivity contribution in [2.75, 3.05) is 65.6 Å². The van der Waals surface area contributed by atoms with Gasteiger partial charge in [0.2, 0.25) is 0 Å². The van der Waals surface area contributed by atoms with Crippen LogP contribution in [0.25, 0.3) is 0 Å². The summed E-state index contributed by atoms with van der Waals surface area (Å²) in [7, 11) is 0. The van der Waals surface area contributed by atoms with Gasteiger partial charge in [-0.15, -0.1) is 0 Å². The number of morpholine rings is 1. The Bertz CT molecular complexity index is 659. The summed E-state index contributed by atoms with van der Waals surface area (Å²) in [6.07, 6.45) is 3.96. The molecule has 3 saturated heterocycles. The third-order valence-electron chi connectivity index (χ3n) is 6.98. The first kappa shape index (κ1) is 21.2. The molecule has 1 aromatic carbocycles. The Hall–Kier alpha value is -1.01. The molecule has 4 rings (SSSR count). The number of hydrogen-bond acceptors (Lipinski definition) is 4. The van der Waals surface area contributed by atoms with Crippen molar-refractivity contribution in [2.24, 2.45) is 10.8 Å². The third kappa shape index (κ3) is 5.78. The number of benzene rings is 1. The van der Waals surface area contributed by atoms with Crippen molar-refractivity contribution in [3.05, 3.63) is 35.6 Å². The van der Waals surface area contributed by atoms with Crippen LogP contribution in [0.15, 0.2) is 24.3 Å². The summed E-state index contributed by atoms with van der Waals surface area (Å²) in [5.41, 5.74) is 1.99. The van der Waals surface area contributed by atoms with Crippen LogP contribution >= 0.6 is 0 Å². The maximum Gasteiger partial charge on any atom is 0.123 e. The molecule has 29 heavy (non-hydrogen) atoms. The average molecular weight is 404 g/mol. The van der Waals surface area contributed by atoms with E-state index in [0.29, 0.717) is 10.8 Å². The van der Waals surface area contributed by atoms with Gasteiger partial charge in [0.15, 0.2) is 0 Å². The van der Waals surface area contributed by atoms with Crippen LogP contribution in [0.1, 0.15) is 38.7 Å². The van der Waals surface area contributed by atoms with E-state index in [4.69, 9.17) is 4.74 Å². The predicted octanol–water partition coefficient (Wildman–Crippen LogP) is 3.47. The lowest BCUT2D eigenvalue weighted by Crippen LogP contribution is -2.47. The van der Waals surface area contributed by atoms with Crippen LogP contribution in [0.5, 0.6) is 0 Å². The maximum absolute atomic E-state index is 13.2. The van der Waals surface area contributed by atoms with Crippen LogP contribution in [0.4, 0.5) is 4.39 Å². The lowest BCUT2D eigenvalue weighted by Gasteiger charge is -2.41. The van der Waals surface area contributed by atoms with Crippen molar-refractivity contribution in [2.45, 2.75) is 39.7 Å². The van der Waals surface area contributed by atoms with Crippen LogP contribution in [-0.2, 0) is 11.3 Å². The van der Waals surface area contributed by atoms with Gasteiger partial charge in [-0.1, -0.05) is 26.0 Å². The number of hydrogen-bond donors (Lipinski definition) is 0. The Morgan fingerprint density at radius 1 is 0.897 bits per heavy atom. The van der Waals surface area contributed by atoms with E-state index < -0.39 is 0 Å². The first-order chi connectivity index (χ1) is 13.9. The van der Waals surface area contributed by atoms with Crippen molar-refractivity contribution < 1.29 is 9.13 Å². The number of ether oxygens (including phenoxy) is 1. The molecule has 0 saturated carbocycles. The molecule has 3 aliphatic rings. The SMILES string of the molecule is CC(C)(CN1CCOCC1)CN1CCC2(CCCN(Cc3ccc(F)cc3)C2)C1. The van der Waals surface area contributed by atoms with Crippen molar-refractivity contribution >= 4 is 0 Å². The number of halogens is 1. The van der Waals surface area contributed by atoms with Crippen LogP contribution in [0, 0.1) is 16.6 Å². The molecular weight excluding hydrogens is 365 g/mol. The predicted molar refractivity (Wildman–Crippen MR) is 115 cm³/mol. The molecule has 5 heteroatoms.